The maximum atomic E-state index is 5.91. The second kappa shape index (κ2) is 7.80. The van der Waals surface area contributed by atoms with Gasteiger partial charge in [0, 0.05) is 12.5 Å². The van der Waals surface area contributed by atoms with Gasteiger partial charge in [-0.3, -0.25) is 4.90 Å². The second-order valence-corrected chi connectivity index (χ2v) is 5.80. The van der Waals surface area contributed by atoms with Crippen LogP contribution in [0.25, 0.3) is 0 Å². The fourth-order valence-corrected chi connectivity index (χ4v) is 3.58. The first-order valence-corrected chi connectivity index (χ1v) is 8.20. The largest absolute Gasteiger partial charge is 0.373 e. The van der Waals surface area contributed by atoms with Gasteiger partial charge < -0.3 is 4.74 Å². The molecule has 0 bridgehead atoms. The standard InChI is InChI=1S/C12H23NO.C6H6/c1-3-13(4-2)11-7-5-6-8-12(11)9-10-14-12;1-2-4-6-5-3-1/h11H,3-10H2,1-2H3;1-6H. The number of likely N-dealkylation sites (N-methyl/N-ethyl adjacent to an activating group) is 1. The Bertz CT molecular complexity index is 330. The third-order valence-electron chi connectivity index (χ3n) is 4.77. The molecule has 0 aromatic heterocycles. The molecular weight excluding hydrogens is 246 g/mol. The van der Waals surface area contributed by atoms with E-state index in [9.17, 15) is 0 Å². The zero-order valence-corrected chi connectivity index (χ0v) is 13.1. The van der Waals surface area contributed by atoms with Crippen molar-refractivity contribution in [3.8, 4) is 0 Å². The van der Waals surface area contributed by atoms with Crippen LogP contribution in [0.2, 0.25) is 0 Å². The number of benzene rings is 1. The van der Waals surface area contributed by atoms with Crippen molar-refractivity contribution in [3.05, 3.63) is 36.4 Å². The number of rotatable bonds is 3. The van der Waals surface area contributed by atoms with Crippen LogP contribution in [-0.2, 0) is 4.74 Å². The first-order chi connectivity index (χ1) is 9.82. The van der Waals surface area contributed by atoms with E-state index in [4.69, 9.17) is 4.74 Å². The zero-order chi connectivity index (χ0) is 14.3. The molecule has 1 aromatic rings. The summed E-state index contributed by atoms with van der Waals surface area (Å²) in [5.74, 6) is 0. The predicted octanol–water partition coefficient (Wildman–Crippen LogP) is 4.12. The molecule has 3 rings (SSSR count). The van der Waals surface area contributed by atoms with Crippen LogP contribution in [0.3, 0.4) is 0 Å². The van der Waals surface area contributed by atoms with Gasteiger partial charge in [-0.2, -0.15) is 0 Å². The van der Waals surface area contributed by atoms with Crippen molar-refractivity contribution in [1.29, 1.82) is 0 Å². The molecule has 20 heavy (non-hydrogen) atoms. The summed E-state index contributed by atoms with van der Waals surface area (Å²) in [6, 6.07) is 12.7. The van der Waals surface area contributed by atoms with Crippen molar-refractivity contribution in [3.63, 3.8) is 0 Å². The minimum atomic E-state index is 0.268. The van der Waals surface area contributed by atoms with Gasteiger partial charge in [0.25, 0.3) is 0 Å². The van der Waals surface area contributed by atoms with Crippen LogP contribution < -0.4 is 0 Å². The van der Waals surface area contributed by atoms with Crippen molar-refractivity contribution >= 4 is 0 Å². The van der Waals surface area contributed by atoms with Crippen LogP contribution in [0.15, 0.2) is 36.4 Å². The van der Waals surface area contributed by atoms with Gasteiger partial charge in [-0.05, 0) is 25.9 Å². The van der Waals surface area contributed by atoms with Gasteiger partial charge in [0.15, 0.2) is 0 Å². The van der Waals surface area contributed by atoms with Gasteiger partial charge in [-0.25, -0.2) is 0 Å². The maximum absolute atomic E-state index is 5.91. The summed E-state index contributed by atoms with van der Waals surface area (Å²) in [7, 11) is 0. The number of hydrogen-bond acceptors (Lipinski definition) is 2. The molecule has 2 aliphatic rings. The van der Waals surface area contributed by atoms with Crippen molar-refractivity contribution in [2.75, 3.05) is 19.7 Å². The normalized spacial score (nSPS) is 28.6. The fourth-order valence-electron chi connectivity index (χ4n) is 3.58. The lowest BCUT2D eigenvalue weighted by molar-refractivity contribution is -0.202. The molecule has 1 spiro atoms. The minimum absolute atomic E-state index is 0.268. The van der Waals surface area contributed by atoms with E-state index < -0.39 is 0 Å². The molecule has 1 saturated carbocycles. The Kier molecular flexibility index (Phi) is 6.06. The molecule has 1 heterocycles. The summed E-state index contributed by atoms with van der Waals surface area (Å²) in [6.45, 7) is 7.88. The number of nitrogens with zero attached hydrogens (tertiary/aromatic N) is 1. The summed E-state index contributed by atoms with van der Waals surface area (Å²) in [4.78, 5) is 2.60. The van der Waals surface area contributed by atoms with Crippen LogP contribution in [0.1, 0.15) is 46.0 Å². The van der Waals surface area contributed by atoms with Gasteiger partial charge in [0.2, 0.25) is 0 Å². The second-order valence-electron chi connectivity index (χ2n) is 5.80. The zero-order valence-electron chi connectivity index (χ0n) is 13.1. The Labute approximate surface area is 124 Å². The smallest absolute Gasteiger partial charge is 0.0858 e. The van der Waals surface area contributed by atoms with E-state index in [2.05, 4.69) is 18.7 Å². The lowest BCUT2D eigenvalue weighted by Gasteiger charge is -2.53. The Morgan fingerprint density at radius 1 is 0.950 bits per heavy atom. The molecule has 1 aromatic carbocycles. The SMILES string of the molecule is CCN(CC)C1CCCCC12CCO2.c1ccccc1. The summed E-state index contributed by atoms with van der Waals surface area (Å²) >= 11 is 0. The highest BCUT2D eigenvalue weighted by molar-refractivity contribution is 5.01. The minimum Gasteiger partial charge on any atom is -0.373 e. The molecule has 1 aliphatic carbocycles. The highest BCUT2D eigenvalue weighted by Crippen LogP contribution is 2.42. The number of hydrogen-bond donors (Lipinski definition) is 0. The molecule has 112 valence electrons. The van der Waals surface area contributed by atoms with Gasteiger partial charge in [-0.1, -0.05) is 63.1 Å². The van der Waals surface area contributed by atoms with Crippen LogP contribution in [-0.4, -0.2) is 36.2 Å². The van der Waals surface area contributed by atoms with E-state index in [1.54, 1.807) is 0 Å². The molecule has 0 N–H and O–H groups in total. The quantitative estimate of drug-likeness (QED) is 0.823. The lowest BCUT2D eigenvalue weighted by Crippen LogP contribution is -2.61. The molecule has 0 radical (unpaired) electrons. The highest BCUT2D eigenvalue weighted by atomic mass is 16.5. The fraction of sp³-hybridized carbons (Fsp3) is 0.667. The van der Waals surface area contributed by atoms with Gasteiger partial charge >= 0.3 is 0 Å². The average Bonchev–Trinajstić information content (AvgIpc) is 2.50. The van der Waals surface area contributed by atoms with Crippen LogP contribution >= 0.6 is 0 Å². The Morgan fingerprint density at radius 2 is 1.50 bits per heavy atom. The molecular formula is C18H29NO. The summed E-state index contributed by atoms with van der Waals surface area (Å²) in [6.07, 6.45) is 6.72. The van der Waals surface area contributed by atoms with E-state index in [0.29, 0.717) is 6.04 Å². The molecule has 2 fully saturated rings. The summed E-state index contributed by atoms with van der Waals surface area (Å²) < 4.78 is 5.91. The van der Waals surface area contributed by atoms with E-state index >= 15 is 0 Å². The van der Waals surface area contributed by atoms with E-state index in [0.717, 1.165) is 6.61 Å². The van der Waals surface area contributed by atoms with E-state index in [1.165, 1.54) is 45.2 Å². The van der Waals surface area contributed by atoms with Crippen LogP contribution in [0, 0.1) is 0 Å². The Hall–Kier alpha value is -0.860. The van der Waals surface area contributed by atoms with E-state index in [1.807, 2.05) is 36.4 Å². The highest BCUT2D eigenvalue weighted by Gasteiger charge is 2.48. The molecule has 1 saturated heterocycles. The van der Waals surface area contributed by atoms with Crippen molar-refractivity contribution < 1.29 is 4.74 Å². The Morgan fingerprint density at radius 3 is 1.90 bits per heavy atom. The first kappa shape index (κ1) is 15.5. The van der Waals surface area contributed by atoms with Crippen LogP contribution in [0.5, 0.6) is 0 Å². The van der Waals surface area contributed by atoms with Crippen molar-refractivity contribution in [2.24, 2.45) is 0 Å². The molecule has 2 nitrogen and oxygen atoms in total. The van der Waals surface area contributed by atoms with E-state index in [-0.39, 0.29) is 5.60 Å². The maximum Gasteiger partial charge on any atom is 0.0858 e. The van der Waals surface area contributed by atoms with Gasteiger partial charge in [0.05, 0.1) is 12.2 Å². The predicted molar refractivity (Wildman–Crippen MR) is 84.9 cm³/mol. The van der Waals surface area contributed by atoms with Gasteiger partial charge in [-0.15, -0.1) is 0 Å². The third-order valence-corrected chi connectivity index (χ3v) is 4.77. The monoisotopic (exact) mass is 275 g/mol. The molecule has 2 atom stereocenters. The summed E-state index contributed by atoms with van der Waals surface area (Å²) in [5, 5.41) is 0. The average molecular weight is 275 g/mol. The molecule has 0 amide bonds. The topological polar surface area (TPSA) is 12.5 Å². The molecule has 2 heteroatoms. The number of ether oxygens (including phenoxy) is 1. The lowest BCUT2D eigenvalue weighted by atomic mass is 9.74. The first-order valence-electron chi connectivity index (χ1n) is 8.20. The van der Waals surface area contributed by atoms with Crippen molar-refractivity contribution in [2.45, 2.75) is 57.6 Å². The third kappa shape index (κ3) is 3.62. The van der Waals surface area contributed by atoms with Gasteiger partial charge in [0.1, 0.15) is 0 Å². The van der Waals surface area contributed by atoms with Crippen molar-refractivity contribution in [1.82, 2.24) is 4.90 Å². The van der Waals surface area contributed by atoms with Crippen LogP contribution in [0.4, 0.5) is 0 Å². The Balaban J connectivity index is 0.000000205. The molecule has 1 aliphatic heterocycles. The molecule has 2 unspecified atom stereocenters. The summed E-state index contributed by atoms with van der Waals surface area (Å²) in [5.41, 5.74) is 0.268.